The van der Waals surface area contributed by atoms with E-state index in [0.29, 0.717) is 55.5 Å². The zero-order valence-electron chi connectivity index (χ0n) is 23.0. The van der Waals surface area contributed by atoms with Gasteiger partial charge in [0.2, 0.25) is 5.91 Å². The smallest absolute Gasteiger partial charge is 0.296 e. The number of likely N-dealkylation sites (tertiary alicyclic amines) is 1. The van der Waals surface area contributed by atoms with E-state index in [2.05, 4.69) is 32.7 Å². The molecule has 3 aliphatic heterocycles. The number of carbonyl (C=O) groups excluding carboxylic acids is 1. The van der Waals surface area contributed by atoms with E-state index in [4.69, 9.17) is 9.73 Å². The van der Waals surface area contributed by atoms with Gasteiger partial charge in [-0.15, -0.1) is 0 Å². The molecule has 41 heavy (non-hydrogen) atoms. The molecule has 3 aliphatic rings. The van der Waals surface area contributed by atoms with Gasteiger partial charge in [-0.3, -0.25) is 14.7 Å². The van der Waals surface area contributed by atoms with E-state index < -0.39 is 18.8 Å². The third-order valence-corrected chi connectivity index (χ3v) is 7.92. The minimum atomic E-state index is -2.78. The number of hydrogen-bond acceptors (Lipinski definition) is 7. The normalized spacial score (nSPS) is 22.3. The highest BCUT2D eigenvalue weighted by atomic mass is 19.3. The van der Waals surface area contributed by atoms with Crippen LogP contribution < -0.4 is 10.6 Å². The van der Waals surface area contributed by atoms with E-state index in [-0.39, 0.29) is 17.8 Å². The Hall–Kier alpha value is -3.83. The summed E-state index contributed by atoms with van der Waals surface area (Å²) < 4.78 is 35.4. The number of amidine groups is 1. The molecule has 2 fully saturated rings. The van der Waals surface area contributed by atoms with Gasteiger partial charge in [-0.2, -0.15) is 0 Å². The molecule has 11 heteroatoms. The number of rotatable bonds is 6. The third kappa shape index (κ3) is 5.69. The van der Waals surface area contributed by atoms with Crippen molar-refractivity contribution in [2.24, 2.45) is 4.99 Å². The van der Waals surface area contributed by atoms with Crippen molar-refractivity contribution in [3.8, 4) is 0 Å². The van der Waals surface area contributed by atoms with Gasteiger partial charge in [0.25, 0.3) is 6.43 Å². The first-order valence-electron chi connectivity index (χ1n) is 14.3. The van der Waals surface area contributed by atoms with Gasteiger partial charge in [-0.25, -0.2) is 18.8 Å². The van der Waals surface area contributed by atoms with Crippen molar-refractivity contribution in [2.75, 3.05) is 32.8 Å². The summed E-state index contributed by atoms with van der Waals surface area (Å²) in [4.78, 5) is 26.9. The molecule has 0 spiro atoms. The second kappa shape index (κ2) is 12.0. The second-order valence-electron chi connectivity index (χ2n) is 10.6. The molecule has 1 amide bonds. The van der Waals surface area contributed by atoms with Gasteiger partial charge in [-0.1, -0.05) is 42.5 Å². The largest absolute Gasteiger partial charge is 0.378 e. The quantitative estimate of drug-likeness (QED) is 0.469. The number of aliphatic imine (C=N–C) groups is 1. The molecule has 2 N–H and O–H groups in total. The highest BCUT2D eigenvalue weighted by molar-refractivity contribution is 5.99. The summed E-state index contributed by atoms with van der Waals surface area (Å²) in [5.41, 5.74) is 2.17. The first-order valence-corrected chi connectivity index (χ1v) is 14.3. The number of imidazole rings is 1. The Labute approximate surface area is 237 Å². The maximum absolute atomic E-state index is 14.2. The van der Waals surface area contributed by atoms with Crippen LogP contribution in [-0.2, 0) is 9.53 Å². The van der Waals surface area contributed by atoms with Gasteiger partial charge in [0.1, 0.15) is 11.7 Å². The zero-order chi connectivity index (χ0) is 28.3. The Morgan fingerprint density at radius 3 is 2.59 bits per heavy atom. The zero-order valence-corrected chi connectivity index (χ0v) is 23.0. The van der Waals surface area contributed by atoms with E-state index in [1.807, 2.05) is 30.0 Å². The summed E-state index contributed by atoms with van der Waals surface area (Å²) in [6.07, 6.45) is 1.21. The minimum absolute atomic E-state index is 0.0130. The van der Waals surface area contributed by atoms with Crippen LogP contribution in [0.4, 0.5) is 8.78 Å². The summed E-state index contributed by atoms with van der Waals surface area (Å²) in [7, 11) is 0. The van der Waals surface area contributed by atoms with Crippen molar-refractivity contribution >= 4 is 28.6 Å². The van der Waals surface area contributed by atoms with Crippen LogP contribution in [0.3, 0.4) is 0 Å². The molecule has 6 rings (SSSR count). The van der Waals surface area contributed by atoms with Crippen LogP contribution in [0.2, 0.25) is 0 Å². The average molecular weight is 564 g/mol. The molecule has 0 saturated carbocycles. The van der Waals surface area contributed by atoms with Gasteiger partial charge in [0.15, 0.2) is 12.1 Å². The molecule has 9 nitrogen and oxygen atoms in total. The number of hydrogen-bond donors (Lipinski definition) is 2. The molecule has 2 unspecified atom stereocenters. The average Bonchev–Trinajstić information content (AvgIpc) is 3.42. The molecule has 1 aromatic heterocycles. The Balaban J connectivity index is 1.29. The molecule has 216 valence electrons. The maximum Gasteiger partial charge on any atom is 0.296 e. The van der Waals surface area contributed by atoms with Crippen molar-refractivity contribution in [1.82, 2.24) is 30.0 Å². The van der Waals surface area contributed by atoms with E-state index in [0.717, 1.165) is 24.8 Å². The van der Waals surface area contributed by atoms with Crippen molar-refractivity contribution < 1.29 is 18.3 Å². The van der Waals surface area contributed by atoms with E-state index in [1.165, 1.54) is 4.57 Å². The summed E-state index contributed by atoms with van der Waals surface area (Å²) in [5.74, 6) is 0.691. The van der Waals surface area contributed by atoms with Gasteiger partial charge in [-0.05, 0) is 43.9 Å². The maximum atomic E-state index is 14.2. The first-order chi connectivity index (χ1) is 20.0. The standard InChI is InChI=1S/C30H35F2N7O2/c1-20(29(40)38-14-8-7-12-23(38)21-9-3-2-4-10-21)33-30-35-25(37-15-17-41-18-16-37)19-26(36-30)39-24-13-6-5-11-22(24)34-28(39)27(31)32/h2-6,9-11,13,19-20,23,27,30,33,36H,7-8,12,14-18H2,1H3/t20-,23?,30?/m0/s1. The van der Waals surface area contributed by atoms with Gasteiger partial charge < -0.3 is 19.9 Å². The molecule has 0 aliphatic carbocycles. The fourth-order valence-corrected chi connectivity index (χ4v) is 5.90. The SMILES string of the molecule is C[C@H](NC1N=C(N2CCOCC2)C=C(n2c(C(F)F)nc3ccccc32)N1)C(=O)N1CCCCC1c1ccccc1. The highest BCUT2D eigenvalue weighted by Crippen LogP contribution is 2.32. The lowest BCUT2D eigenvalue weighted by Crippen LogP contribution is -2.55. The number of morpholine rings is 1. The lowest BCUT2D eigenvalue weighted by molar-refractivity contribution is -0.137. The molecule has 0 bridgehead atoms. The number of piperidine rings is 1. The van der Waals surface area contributed by atoms with E-state index >= 15 is 0 Å². The van der Waals surface area contributed by atoms with Crippen LogP contribution in [0, 0.1) is 0 Å². The topological polar surface area (TPSA) is 87.0 Å². The number of halogens is 2. The number of nitrogens with one attached hydrogen (secondary N) is 2. The van der Waals surface area contributed by atoms with Crippen molar-refractivity contribution in [1.29, 1.82) is 0 Å². The lowest BCUT2D eigenvalue weighted by atomic mass is 9.94. The molecular weight excluding hydrogens is 528 g/mol. The molecule has 3 atom stereocenters. The number of amides is 1. The molecule has 2 saturated heterocycles. The highest BCUT2D eigenvalue weighted by Gasteiger charge is 2.33. The number of aromatic nitrogens is 2. The predicted octanol–water partition coefficient (Wildman–Crippen LogP) is 4.12. The number of benzene rings is 2. The number of nitrogens with zero attached hydrogens (tertiary/aromatic N) is 5. The van der Waals surface area contributed by atoms with Crippen LogP contribution in [-0.4, -0.2) is 76.3 Å². The number of carbonyl (C=O) groups is 1. The van der Waals surface area contributed by atoms with E-state index in [1.54, 1.807) is 30.3 Å². The minimum Gasteiger partial charge on any atom is -0.378 e. The number of para-hydroxylation sites is 2. The Morgan fingerprint density at radius 1 is 1.05 bits per heavy atom. The molecule has 0 radical (unpaired) electrons. The summed E-state index contributed by atoms with van der Waals surface area (Å²) in [6, 6.07) is 16.7. The van der Waals surface area contributed by atoms with Crippen LogP contribution in [0.1, 0.15) is 50.0 Å². The van der Waals surface area contributed by atoms with Crippen molar-refractivity contribution in [3.63, 3.8) is 0 Å². The molecule has 2 aromatic carbocycles. The van der Waals surface area contributed by atoms with Gasteiger partial charge in [0.05, 0.1) is 36.3 Å². The fraction of sp³-hybridized carbons (Fsp3) is 0.433. The van der Waals surface area contributed by atoms with Gasteiger partial charge >= 0.3 is 0 Å². The van der Waals surface area contributed by atoms with Crippen molar-refractivity contribution in [3.05, 3.63) is 72.1 Å². The summed E-state index contributed by atoms with van der Waals surface area (Å²) >= 11 is 0. The van der Waals surface area contributed by atoms with E-state index in [9.17, 15) is 13.6 Å². The van der Waals surface area contributed by atoms with Crippen LogP contribution in [0.25, 0.3) is 16.9 Å². The lowest BCUT2D eigenvalue weighted by Gasteiger charge is -2.39. The predicted molar refractivity (Wildman–Crippen MR) is 153 cm³/mol. The Kier molecular flexibility index (Phi) is 7.97. The number of ether oxygens (including phenoxy) is 1. The fourth-order valence-electron chi connectivity index (χ4n) is 5.90. The molecular formula is C30H35F2N7O2. The van der Waals surface area contributed by atoms with Crippen LogP contribution >= 0.6 is 0 Å². The van der Waals surface area contributed by atoms with Gasteiger partial charge in [0, 0.05) is 25.7 Å². The van der Waals surface area contributed by atoms with Crippen molar-refractivity contribution in [2.45, 2.75) is 51.0 Å². The number of fused-ring (bicyclic) bond motifs is 1. The molecule has 3 aromatic rings. The summed E-state index contributed by atoms with van der Waals surface area (Å²) in [5, 5.41) is 6.60. The Morgan fingerprint density at radius 2 is 1.80 bits per heavy atom. The Bertz CT molecular complexity index is 1440. The van der Waals surface area contributed by atoms with Crippen LogP contribution in [0.5, 0.6) is 0 Å². The third-order valence-electron chi connectivity index (χ3n) is 7.92. The first kappa shape index (κ1) is 27.3. The summed E-state index contributed by atoms with van der Waals surface area (Å²) in [6.45, 7) is 4.88. The number of alkyl halides is 2. The second-order valence-corrected chi connectivity index (χ2v) is 10.6. The van der Waals surface area contributed by atoms with Crippen LogP contribution in [0.15, 0.2) is 65.7 Å². The monoisotopic (exact) mass is 563 g/mol. The molecule has 4 heterocycles.